The zero-order chi connectivity index (χ0) is 13.1. The fraction of sp³-hybridized carbons (Fsp3) is 0.600. The highest BCUT2D eigenvalue weighted by Gasteiger charge is 2.23. The van der Waals surface area contributed by atoms with Crippen LogP contribution in [0.3, 0.4) is 0 Å². The van der Waals surface area contributed by atoms with Crippen molar-refractivity contribution in [2.45, 2.75) is 51.6 Å². The normalized spacial score (nSPS) is 21.3. The molecule has 0 radical (unpaired) electrons. The molecule has 1 aromatic carbocycles. The molecule has 1 aliphatic rings. The second-order valence-corrected chi connectivity index (χ2v) is 6.25. The zero-order valence-corrected chi connectivity index (χ0v) is 12.9. The Labute approximate surface area is 119 Å². The topological polar surface area (TPSA) is 29.3 Å². The predicted molar refractivity (Wildman–Crippen MR) is 82.2 cm³/mol. The van der Waals surface area contributed by atoms with Gasteiger partial charge in [0.1, 0.15) is 0 Å². The molecule has 18 heavy (non-hydrogen) atoms. The smallest absolute Gasteiger partial charge is 0.0413 e. The Kier molecular flexibility index (Phi) is 4.68. The summed E-state index contributed by atoms with van der Waals surface area (Å²) in [5, 5.41) is 0. The lowest BCUT2D eigenvalue weighted by molar-refractivity contribution is 0.642. The number of rotatable bonds is 4. The van der Waals surface area contributed by atoms with E-state index in [1.54, 1.807) is 0 Å². The second-order valence-electron chi connectivity index (χ2n) is 5.33. The first kappa shape index (κ1) is 13.9. The molecule has 2 rings (SSSR count). The van der Waals surface area contributed by atoms with Crippen molar-refractivity contribution in [3.8, 4) is 0 Å². The summed E-state index contributed by atoms with van der Waals surface area (Å²) in [5.74, 6) is 0. The molecule has 1 fully saturated rings. The van der Waals surface area contributed by atoms with Gasteiger partial charge in [-0.3, -0.25) is 0 Å². The van der Waals surface area contributed by atoms with E-state index in [1.165, 1.54) is 30.6 Å². The van der Waals surface area contributed by atoms with Gasteiger partial charge < -0.3 is 10.6 Å². The van der Waals surface area contributed by atoms with Crippen LogP contribution in [-0.2, 0) is 6.42 Å². The van der Waals surface area contributed by atoms with Crippen molar-refractivity contribution in [1.29, 1.82) is 0 Å². The van der Waals surface area contributed by atoms with Crippen LogP contribution in [0.15, 0.2) is 22.7 Å². The third-order valence-corrected chi connectivity index (χ3v) is 4.41. The molecule has 0 spiro atoms. The van der Waals surface area contributed by atoms with Crippen LogP contribution in [0.5, 0.6) is 0 Å². The van der Waals surface area contributed by atoms with Gasteiger partial charge in [0.2, 0.25) is 0 Å². The molecule has 1 heterocycles. The second kappa shape index (κ2) is 6.07. The van der Waals surface area contributed by atoms with Crippen LogP contribution < -0.4 is 10.6 Å². The van der Waals surface area contributed by atoms with Gasteiger partial charge in [-0.15, -0.1) is 0 Å². The van der Waals surface area contributed by atoms with Crippen molar-refractivity contribution in [2.24, 2.45) is 5.73 Å². The Balaban J connectivity index is 2.28. The zero-order valence-electron chi connectivity index (χ0n) is 11.3. The van der Waals surface area contributed by atoms with Gasteiger partial charge in [-0.25, -0.2) is 0 Å². The number of anilines is 1. The summed E-state index contributed by atoms with van der Waals surface area (Å²) in [6.07, 6.45) is 4.60. The van der Waals surface area contributed by atoms with Crippen LogP contribution >= 0.6 is 15.9 Å². The van der Waals surface area contributed by atoms with E-state index in [2.05, 4.69) is 52.9 Å². The Morgan fingerprint density at radius 1 is 1.50 bits per heavy atom. The molecule has 0 bridgehead atoms. The number of nitrogens with two attached hydrogens (primary N) is 1. The highest BCUT2D eigenvalue weighted by atomic mass is 79.9. The molecule has 0 aromatic heterocycles. The molecular weight excluding hydrogens is 288 g/mol. The molecule has 0 saturated carbocycles. The molecule has 2 unspecified atom stereocenters. The summed E-state index contributed by atoms with van der Waals surface area (Å²) in [6, 6.07) is 7.51. The molecule has 1 aromatic rings. The molecule has 3 heteroatoms. The summed E-state index contributed by atoms with van der Waals surface area (Å²) in [4.78, 5) is 2.53. The maximum absolute atomic E-state index is 6.12. The van der Waals surface area contributed by atoms with Crippen LogP contribution in [0.2, 0.25) is 0 Å². The van der Waals surface area contributed by atoms with Crippen molar-refractivity contribution in [3.63, 3.8) is 0 Å². The third-order valence-electron chi connectivity index (χ3n) is 3.92. The highest BCUT2D eigenvalue weighted by Crippen LogP contribution is 2.31. The van der Waals surface area contributed by atoms with E-state index in [1.807, 2.05) is 0 Å². The number of hydrogen-bond acceptors (Lipinski definition) is 2. The van der Waals surface area contributed by atoms with Gasteiger partial charge in [-0.1, -0.05) is 28.9 Å². The molecule has 100 valence electrons. The van der Waals surface area contributed by atoms with Gasteiger partial charge in [0.15, 0.2) is 0 Å². The van der Waals surface area contributed by atoms with Gasteiger partial charge in [0, 0.05) is 28.8 Å². The average molecular weight is 311 g/mol. The maximum atomic E-state index is 6.12. The quantitative estimate of drug-likeness (QED) is 0.918. The molecular formula is C15H23BrN2. The molecule has 2 N–H and O–H groups in total. The summed E-state index contributed by atoms with van der Waals surface area (Å²) >= 11 is 3.59. The Bertz CT molecular complexity index is 405. The molecule has 2 atom stereocenters. The summed E-state index contributed by atoms with van der Waals surface area (Å²) in [5.41, 5.74) is 8.88. The minimum atomic E-state index is 0.267. The fourth-order valence-electron chi connectivity index (χ4n) is 2.69. The summed E-state index contributed by atoms with van der Waals surface area (Å²) < 4.78 is 1.16. The molecule has 0 amide bonds. The molecule has 0 aliphatic carbocycles. The molecule has 1 aliphatic heterocycles. The minimum absolute atomic E-state index is 0.267. The lowest BCUT2D eigenvalue weighted by atomic mass is 10.0. The number of halogens is 1. The lowest BCUT2D eigenvalue weighted by Crippen LogP contribution is -2.29. The van der Waals surface area contributed by atoms with Gasteiger partial charge in [0.25, 0.3) is 0 Å². The van der Waals surface area contributed by atoms with Crippen molar-refractivity contribution in [1.82, 2.24) is 0 Å². The summed E-state index contributed by atoms with van der Waals surface area (Å²) in [7, 11) is 0. The van der Waals surface area contributed by atoms with Crippen molar-refractivity contribution in [3.05, 3.63) is 28.2 Å². The van der Waals surface area contributed by atoms with Crippen molar-refractivity contribution < 1.29 is 0 Å². The van der Waals surface area contributed by atoms with E-state index < -0.39 is 0 Å². The van der Waals surface area contributed by atoms with Gasteiger partial charge in [0.05, 0.1) is 0 Å². The monoisotopic (exact) mass is 310 g/mol. The Hall–Kier alpha value is -0.540. The van der Waals surface area contributed by atoms with Crippen molar-refractivity contribution >= 4 is 21.6 Å². The predicted octanol–water partition coefficient (Wildman–Crippen LogP) is 3.72. The lowest BCUT2D eigenvalue weighted by Gasteiger charge is -2.27. The van der Waals surface area contributed by atoms with Gasteiger partial charge in [-0.2, -0.15) is 0 Å². The van der Waals surface area contributed by atoms with E-state index in [0.717, 1.165) is 17.3 Å². The first-order chi connectivity index (χ1) is 8.61. The maximum Gasteiger partial charge on any atom is 0.0413 e. The molecule has 1 saturated heterocycles. The average Bonchev–Trinajstić information content (AvgIpc) is 2.77. The third kappa shape index (κ3) is 3.07. The minimum Gasteiger partial charge on any atom is -0.369 e. The van der Waals surface area contributed by atoms with Crippen LogP contribution in [0.4, 0.5) is 5.69 Å². The standard InChI is InChI=1S/C15H23BrN2/c1-3-14(17)9-12-6-7-13(16)10-15(12)18-8-4-5-11(18)2/h6-7,10-11,14H,3-5,8-9,17H2,1-2H3. The van der Waals surface area contributed by atoms with Crippen LogP contribution in [0.1, 0.15) is 38.7 Å². The van der Waals surface area contributed by atoms with E-state index in [-0.39, 0.29) is 6.04 Å². The van der Waals surface area contributed by atoms with E-state index >= 15 is 0 Å². The Morgan fingerprint density at radius 2 is 2.28 bits per heavy atom. The van der Waals surface area contributed by atoms with Crippen molar-refractivity contribution in [2.75, 3.05) is 11.4 Å². The number of benzene rings is 1. The SMILES string of the molecule is CCC(N)Cc1ccc(Br)cc1N1CCCC1C. The van der Waals surface area contributed by atoms with Crippen LogP contribution in [-0.4, -0.2) is 18.6 Å². The van der Waals surface area contributed by atoms with E-state index in [0.29, 0.717) is 6.04 Å². The van der Waals surface area contributed by atoms with Crippen LogP contribution in [0, 0.1) is 0 Å². The molecule has 2 nitrogen and oxygen atoms in total. The number of hydrogen-bond donors (Lipinski definition) is 1. The van der Waals surface area contributed by atoms with Gasteiger partial charge in [-0.05, 0) is 50.3 Å². The van der Waals surface area contributed by atoms with Crippen LogP contribution in [0.25, 0.3) is 0 Å². The van der Waals surface area contributed by atoms with E-state index in [9.17, 15) is 0 Å². The largest absolute Gasteiger partial charge is 0.369 e. The number of nitrogens with zero attached hydrogens (tertiary/aromatic N) is 1. The Morgan fingerprint density at radius 3 is 2.89 bits per heavy atom. The van der Waals surface area contributed by atoms with Gasteiger partial charge >= 0.3 is 0 Å². The first-order valence-electron chi connectivity index (χ1n) is 6.92. The van der Waals surface area contributed by atoms with E-state index in [4.69, 9.17) is 5.73 Å². The summed E-state index contributed by atoms with van der Waals surface area (Å²) in [6.45, 7) is 5.64. The first-order valence-corrected chi connectivity index (χ1v) is 7.71. The highest BCUT2D eigenvalue weighted by molar-refractivity contribution is 9.10. The fourth-order valence-corrected chi connectivity index (χ4v) is 3.04.